The Balaban J connectivity index is 3.97. The number of rotatable bonds is 4. The van der Waals surface area contributed by atoms with Crippen LogP contribution in [0.1, 0.15) is 34.1 Å². The molecule has 2 heteroatoms. The Kier molecular flexibility index (Phi) is 4.61. The van der Waals surface area contributed by atoms with Crippen molar-refractivity contribution in [3.63, 3.8) is 0 Å². The standard InChI is InChI=1S/C8H20BP/c1-6-8(3,4)9(7-2)10-5/h10H,6-7H2,1-5H3. The summed E-state index contributed by atoms with van der Waals surface area (Å²) >= 11 is 0. The molecular formula is C8H20BP. The first kappa shape index (κ1) is 10.5. The Bertz CT molecular complexity index is 87.3. The lowest BCUT2D eigenvalue weighted by molar-refractivity contribution is 0.638. The Hall–Kier alpha value is 0.495. The van der Waals surface area contributed by atoms with Crippen molar-refractivity contribution in [2.45, 2.75) is 45.8 Å². The van der Waals surface area contributed by atoms with Gasteiger partial charge in [0.25, 0.3) is 0 Å². The summed E-state index contributed by atoms with van der Waals surface area (Å²) in [5.74, 6) is 0. The summed E-state index contributed by atoms with van der Waals surface area (Å²) in [5.41, 5.74) is 0. The molecular weight excluding hydrogens is 138 g/mol. The molecule has 0 rings (SSSR count). The van der Waals surface area contributed by atoms with Gasteiger partial charge in [-0.3, -0.25) is 0 Å². The molecule has 0 saturated carbocycles. The number of hydrogen-bond donors (Lipinski definition) is 0. The summed E-state index contributed by atoms with van der Waals surface area (Å²) in [6.07, 6.45) is 3.60. The molecule has 10 heavy (non-hydrogen) atoms. The lowest BCUT2D eigenvalue weighted by Crippen LogP contribution is -2.21. The zero-order chi connectivity index (χ0) is 8.20. The molecule has 0 amide bonds. The minimum absolute atomic E-state index is 0.571. The van der Waals surface area contributed by atoms with Crippen molar-refractivity contribution in [2.75, 3.05) is 6.66 Å². The van der Waals surface area contributed by atoms with Gasteiger partial charge in [-0.2, -0.15) is 8.46 Å². The molecule has 0 radical (unpaired) electrons. The highest BCUT2D eigenvalue weighted by atomic mass is 31.1. The highest BCUT2D eigenvalue weighted by Gasteiger charge is 2.27. The molecule has 1 atom stereocenters. The van der Waals surface area contributed by atoms with Gasteiger partial charge in [0, 0.05) is 0 Å². The molecule has 0 heterocycles. The summed E-state index contributed by atoms with van der Waals surface area (Å²) in [4.78, 5) is 0. The van der Waals surface area contributed by atoms with Gasteiger partial charge in [0.1, 0.15) is 0 Å². The van der Waals surface area contributed by atoms with Crippen molar-refractivity contribution < 1.29 is 0 Å². The van der Waals surface area contributed by atoms with E-state index in [1.165, 1.54) is 12.7 Å². The summed E-state index contributed by atoms with van der Waals surface area (Å²) in [6, 6.07) is 0. The molecule has 1 unspecified atom stereocenters. The van der Waals surface area contributed by atoms with Crippen LogP contribution in [0.25, 0.3) is 0 Å². The summed E-state index contributed by atoms with van der Waals surface area (Å²) in [7, 11) is 1.11. The predicted molar refractivity (Wildman–Crippen MR) is 54.8 cm³/mol. The van der Waals surface area contributed by atoms with E-state index in [2.05, 4.69) is 34.4 Å². The van der Waals surface area contributed by atoms with E-state index >= 15 is 0 Å². The van der Waals surface area contributed by atoms with E-state index < -0.39 is 0 Å². The van der Waals surface area contributed by atoms with Crippen LogP contribution in [0, 0.1) is 0 Å². The molecule has 0 aliphatic carbocycles. The van der Waals surface area contributed by atoms with E-state index in [9.17, 15) is 0 Å². The molecule has 0 aliphatic heterocycles. The first-order valence-corrected chi connectivity index (χ1v) is 5.83. The van der Waals surface area contributed by atoms with Gasteiger partial charge < -0.3 is 0 Å². The Morgan fingerprint density at radius 1 is 1.30 bits per heavy atom. The van der Waals surface area contributed by atoms with Crippen molar-refractivity contribution in [2.24, 2.45) is 0 Å². The fourth-order valence-electron chi connectivity index (χ4n) is 1.39. The monoisotopic (exact) mass is 158 g/mol. The quantitative estimate of drug-likeness (QED) is 0.433. The highest BCUT2D eigenvalue weighted by molar-refractivity contribution is 7.76. The van der Waals surface area contributed by atoms with E-state index in [4.69, 9.17) is 0 Å². The van der Waals surface area contributed by atoms with E-state index in [0.29, 0.717) is 5.31 Å². The predicted octanol–water partition coefficient (Wildman–Crippen LogP) is 3.50. The van der Waals surface area contributed by atoms with Crippen molar-refractivity contribution in [3.05, 3.63) is 0 Å². The third-order valence-electron chi connectivity index (χ3n) is 2.61. The molecule has 60 valence electrons. The fraction of sp³-hybridized carbons (Fsp3) is 1.00. The zero-order valence-electron chi connectivity index (χ0n) is 7.99. The Labute approximate surface area is 68.0 Å². The number of hydrogen-bond acceptors (Lipinski definition) is 0. The molecule has 0 fully saturated rings. The first-order chi connectivity index (χ1) is 4.58. The molecule has 0 aromatic carbocycles. The van der Waals surface area contributed by atoms with Crippen LogP contribution in [-0.4, -0.2) is 13.1 Å². The Morgan fingerprint density at radius 2 is 1.80 bits per heavy atom. The fourth-order valence-corrected chi connectivity index (χ4v) is 2.79. The highest BCUT2D eigenvalue weighted by Crippen LogP contribution is 2.40. The van der Waals surface area contributed by atoms with Gasteiger partial charge >= 0.3 is 0 Å². The summed E-state index contributed by atoms with van der Waals surface area (Å²) in [5, 5.41) is 0.571. The second kappa shape index (κ2) is 4.39. The van der Waals surface area contributed by atoms with Crippen molar-refractivity contribution in [1.29, 1.82) is 0 Å². The average molecular weight is 158 g/mol. The van der Waals surface area contributed by atoms with Gasteiger partial charge in [-0.1, -0.05) is 52.4 Å². The van der Waals surface area contributed by atoms with Crippen LogP contribution in [0.2, 0.25) is 11.6 Å². The second-order valence-corrected chi connectivity index (χ2v) is 4.87. The molecule has 0 bridgehead atoms. The lowest BCUT2D eigenvalue weighted by Gasteiger charge is -2.29. The molecule has 0 aromatic heterocycles. The summed E-state index contributed by atoms with van der Waals surface area (Å²) < 4.78 is 0. The SMILES string of the molecule is CCB(PC)C(C)(C)CC. The normalized spacial score (nSPS) is 12.9. The lowest BCUT2D eigenvalue weighted by atomic mass is 9.49. The first-order valence-electron chi connectivity index (χ1n) is 4.25. The van der Waals surface area contributed by atoms with Crippen LogP contribution in [0.4, 0.5) is 0 Å². The van der Waals surface area contributed by atoms with Crippen LogP contribution in [0.15, 0.2) is 0 Å². The maximum absolute atomic E-state index is 2.39. The van der Waals surface area contributed by atoms with Crippen LogP contribution in [0.5, 0.6) is 0 Å². The maximum Gasteiger partial charge on any atom is 0.172 e. The van der Waals surface area contributed by atoms with Gasteiger partial charge in [-0.25, -0.2) is 0 Å². The molecule has 0 aromatic rings. The van der Waals surface area contributed by atoms with E-state index in [0.717, 1.165) is 14.9 Å². The van der Waals surface area contributed by atoms with Crippen LogP contribution in [-0.2, 0) is 0 Å². The maximum atomic E-state index is 2.39. The topological polar surface area (TPSA) is 0 Å². The van der Waals surface area contributed by atoms with E-state index in [-0.39, 0.29) is 0 Å². The largest absolute Gasteiger partial charge is 0.172 e. The Morgan fingerprint density at radius 3 is 1.90 bits per heavy atom. The molecule has 0 spiro atoms. The van der Waals surface area contributed by atoms with Crippen LogP contribution in [0.3, 0.4) is 0 Å². The minimum Gasteiger partial charge on any atom is -0.158 e. The van der Waals surface area contributed by atoms with E-state index in [1.54, 1.807) is 0 Å². The van der Waals surface area contributed by atoms with Gasteiger partial charge in [0.15, 0.2) is 6.43 Å². The van der Waals surface area contributed by atoms with Gasteiger partial charge in [-0.05, 0) is 0 Å². The summed E-state index contributed by atoms with van der Waals surface area (Å²) in [6.45, 7) is 11.7. The minimum atomic E-state index is 0.571. The third-order valence-corrected chi connectivity index (χ3v) is 4.50. The van der Waals surface area contributed by atoms with Gasteiger partial charge in [-0.15, -0.1) is 0 Å². The van der Waals surface area contributed by atoms with Crippen LogP contribution < -0.4 is 0 Å². The molecule has 0 N–H and O–H groups in total. The zero-order valence-corrected chi connectivity index (χ0v) is 8.99. The van der Waals surface area contributed by atoms with Gasteiger partial charge in [0.2, 0.25) is 0 Å². The molecule has 0 nitrogen and oxygen atoms in total. The van der Waals surface area contributed by atoms with E-state index in [1.807, 2.05) is 0 Å². The van der Waals surface area contributed by atoms with Crippen LogP contribution >= 0.6 is 8.46 Å². The smallest absolute Gasteiger partial charge is 0.158 e. The van der Waals surface area contributed by atoms with Gasteiger partial charge in [0.05, 0.1) is 0 Å². The molecule has 0 saturated heterocycles. The molecule has 0 aliphatic rings. The third kappa shape index (κ3) is 2.62. The average Bonchev–Trinajstić information content (AvgIpc) is 1.90. The second-order valence-electron chi connectivity index (χ2n) is 3.59. The van der Waals surface area contributed by atoms with Crippen molar-refractivity contribution in [1.82, 2.24) is 0 Å². The van der Waals surface area contributed by atoms with Crippen molar-refractivity contribution >= 4 is 14.9 Å². The van der Waals surface area contributed by atoms with Crippen molar-refractivity contribution in [3.8, 4) is 0 Å².